The highest BCUT2D eigenvalue weighted by molar-refractivity contribution is 6.34. The van der Waals surface area contributed by atoms with Crippen LogP contribution in [-0.4, -0.2) is 65.9 Å². The normalized spacial score (nSPS) is 15.4. The minimum atomic E-state index is -0.300. The van der Waals surface area contributed by atoms with E-state index in [2.05, 4.69) is 27.4 Å². The summed E-state index contributed by atoms with van der Waals surface area (Å²) in [7, 11) is 0. The van der Waals surface area contributed by atoms with Gasteiger partial charge in [0.2, 0.25) is 0 Å². The van der Waals surface area contributed by atoms with E-state index in [1.807, 2.05) is 30.3 Å². The Morgan fingerprint density at radius 2 is 1.63 bits per heavy atom. The van der Waals surface area contributed by atoms with E-state index < -0.39 is 0 Å². The van der Waals surface area contributed by atoms with Crippen molar-refractivity contribution >= 4 is 45.7 Å². The summed E-state index contributed by atoms with van der Waals surface area (Å²) < 4.78 is 5.58. The van der Waals surface area contributed by atoms with E-state index in [-0.39, 0.29) is 11.8 Å². The van der Waals surface area contributed by atoms with Gasteiger partial charge >= 0.3 is 0 Å². The molecule has 0 spiro atoms. The van der Waals surface area contributed by atoms with Crippen molar-refractivity contribution in [2.75, 3.05) is 50.0 Å². The Morgan fingerprint density at radius 1 is 0.878 bits per heavy atom. The highest BCUT2D eigenvalue weighted by Crippen LogP contribution is 2.29. The molecule has 41 heavy (non-hydrogen) atoms. The van der Waals surface area contributed by atoms with Crippen LogP contribution in [0, 0.1) is 0 Å². The van der Waals surface area contributed by atoms with Crippen molar-refractivity contribution in [3.8, 4) is 5.75 Å². The lowest BCUT2D eigenvalue weighted by Crippen LogP contribution is -2.45. The van der Waals surface area contributed by atoms with Crippen LogP contribution in [-0.2, 0) is 13.0 Å². The fourth-order valence-corrected chi connectivity index (χ4v) is 5.46. The lowest BCUT2D eigenvalue weighted by Gasteiger charge is -2.33. The molecule has 1 aromatic heterocycles. The van der Waals surface area contributed by atoms with Gasteiger partial charge in [0.1, 0.15) is 5.75 Å². The number of aromatic nitrogens is 1. The zero-order valence-corrected chi connectivity index (χ0v) is 23.7. The average molecular weight is 570 g/mol. The molecule has 0 aliphatic carbocycles. The van der Waals surface area contributed by atoms with Crippen molar-refractivity contribution in [3.63, 3.8) is 0 Å². The fraction of sp³-hybridized carbons (Fsp3) is 0.281. The van der Waals surface area contributed by atoms with Crippen molar-refractivity contribution in [3.05, 3.63) is 94.1 Å². The smallest absolute Gasteiger partial charge is 0.255 e. The van der Waals surface area contributed by atoms with Gasteiger partial charge in [-0.2, -0.15) is 0 Å². The van der Waals surface area contributed by atoms with Gasteiger partial charge in [-0.3, -0.25) is 19.5 Å². The van der Waals surface area contributed by atoms with Crippen molar-refractivity contribution in [1.29, 1.82) is 0 Å². The Morgan fingerprint density at radius 3 is 2.46 bits per heavy atom. The van der Waals surface area contributed by atoms with Gasteiger partial charge in [-0.25, -0.2) is 0 Å². The molecule has 9 heteroatoms. The summed E-state index contributed by atoms with van der Waals surface area (Å²) in [5.41, 5.74) is 4.89. The maximum atomic E-state index is 13.2. The van der Waals surface area contributed by atoms with Gasteiger partial charge in [0.25, 0.3) is 11.8 Å². The number of nitrogens with one attached hydrogen (secondary N) is 2. The quantitative estimate of drug-likeness (QED) is 0.307. The number of benzene rings is 3. The van der Waals surface area contributed by atoms with Crippen LogP contribution < -0.4 is 15.4 Å². The van der Waals surface area contributed by atoms with Crippen molar-refractivity contribution in [2.24, 2.45) is 0 Å². The second kappa shape index (κ2) is 11.9. The third-order valence-electron chi connectivity index (χ3n) is 7.74. The van der Waals surface area contributed by atoms with E-state index in [9.17, 15) is 9.59 Å². The molecule has 0 radical (unpaired) electrons. The number of hydrogen-bond donors (Lipinski definition) is 2. The van der Waals surface area contributed by atoms with E-state index in [0.717, 1.165) is 73.6 Å². The minimum Gasteiger partial charge on any atom is -0.493 e. The van der Waals surface area contributed by atoms with Crippen LogP contribution >= 0.6 is 11.6 Å². The van der Waals surface area contributed by atoms with Gasteiger partial charge in [0.15, 0.2) is 0 Å². The fourth-order valence-electron chi connectivity index (χ4n) is 5.29. The summed E-state index contributed by atoms with van der Waals surface area (Å²) in [5.74, 6) is 0.174. The number of likely N-dealkylation sites (N-methyl/N-ethyl adjacent to an activating group) is 1. The van der Waals surface area contributed by atoms with Crippen LogP contribution in [0.4, 0.5) is 11.4 Å². The lowest BCUT2D eigenvalue weighted by molar-refractivity contribution is 0.101. The largest absolute Gasteiger partial charge is 0.493 e. The Kier molecular flexibility index (Phi) is 7.87. The number of nitrogens with zero attached hydrogens (tertiary/aromatic N) is 3. The van der Waals surface area contributed by atoms with Crippen molar-refractivity contribution < 1.29 is 14.3 Å². The molecule has 0 bridgehead atoms. The zero-order valence-electron chi connectivity index (χ0n) is 23.0. The highest BCUT2D eigenvalue weighted by atomic mass is 35.5. The summed E-state index contributed by atoms with van der Waals surface area (Å²) in [6.07, 6.45) is 0.850. The molecule has 3 heterocycles. The first-order valence-corrected chi connectivity index (χ1v) is 14.4. The molecule has 2 aliphatic heterocycles. The topological polar surface area (TPSA) is 86.8 Å². The molecule has 2 aliphatic rings. The van der Waals surface area contributed by atoms with Gasteiger partial charge in [0, 0.05) is 61.3 Å². The number of amides is 2. The standard InChI is InChI=1S/C32H32ClN5O3/c1-2-37-12-14-38(15-13-37)20-26-7-5-22-17-23(6-10-28(22)34-26)32(40)36-29-19-25(8-9-27(29)33)35-31(39)24-4-3-21-11-16-41-30(21)18-24/h3-10,17-19H,2,11-16,20H2,1H3,(H,35,39)(H,36,40). The van der Waals surface area contributed by atoms with Crippen LogP contribution in [0.15, 0.2) is 66.7 Å². The molecule has 2 N–H and O–H groups in total. The van der Waals surface area contributed by atoms with Crippen LogP contribution in [0.5, 0.6) is 5.75 Å². The van der Waals surface area contributed by atoms with E-state index in [4.69, 9.17) is 21.3 Å². The first kappa shape index (κ1) is 27.2. The predicted molar refractivity (Wildman–Crippen MR) is 162 cm³/mol. The summed E-state index contributed by atoms with van der Waals surface area (Å²) in [5, 5.41) is 7.02. The summed E-state index contributed by atoms with van der Waals surface area (Å²) in [4.78, 5) is 35.7. The summed E-state index contributed by atoms with van der Waals surface area (Å²) in [6.45, 7) is 9.02. The molecule has 210 valence electrons. The molecule has 1 fully saturated rings. The second-order valence-corrected chi connectivity index (χ2v) is 10.9. The number of rotatable bonds is 7. The maximum Gasteiger partial charge on any atom is 0.255 e. The van der Waals surface area contributed by atoms with Gasteiger partial charge in [-0.05, 0) is 66.7 Å². The number of fused-ring (bicyclic) bond motifs is 2. The Balaban J connectivity index is 1.11. The number of carbonyl (C=O) groups is 2. The molecule has 0 atom stereocenters. The Bertz CT molecular complexity index is 1620. The summed E-state index contributed by atoms with van der Waals surface area (Å²) in [6, 6.07) is 20.0. The third-order valence-corrected chi connectivity index (χ3v) is 8.07. The Hall–Kier alpha value is -3.98. The number of halogens is 1. The van der Waals surface area contributed by atoms with Crippen LogP contribution in [0.2, 0.25) is 5.02 Å². The predicted octanol–water partition coefficient (Wildman–Crippen LogP) is 5.47. The van der Waals surface area contributed by atoms with E-state index in [1.54, 1.807) is 36.4 Å². The Labute approximate surface area is 244 Å². The van der Waals surface area contributed by atoms with E-state index in [1.165, 1.54) is 0 Å². The molecule has 6 rings (SSSR count). The van der Waals surface area contributed by atoms with E-state index >= 15 is 0 Å². The van der Waals surface area contributed by atoms with Gasteiger partial charge in [0.05, 0.1) is 28.5 Å². The molecule has 4 aromatic rings. The van der Waals surface area contributed by atoms with Crippen LogP contribution in [0.1, 0.15) is 38.9 Å². The third kappa shape index (κ3) is 6.20. The maximum absolute atomic E-state index is 13.2. The first-order valence-electron chi connectivity index (χ1n) is 14.0. The number of carbonyl (C=O) groups excluding carboxylic acids is 2. The van der Waals surface area contributed by atoms with Gasteiger partial charge < -0.3 is 20.3 Å². The van der Waals surface area contributed by atoms with Gasteiger partial charge in [-0.1, -0.05) is 30.7 Å². The second-order valence-electron chi connectivity index (χ2n) is 10.4. The number of pyridine rings is 1. The molecule has 0 unspecified atom stereocenters. The average Bonchev–Trinajstić information content (AvgIpc) is 3.47. The molecule has 3 aromatic carbocycles. The number of hydrogen-bond acceptors (Lipinski definition) is 6. The molecule has 8 nitrogen and oxygen atoms in total. The lowest BCUT2D eigenvalue weighted by atomic mass is 10.1. The highest BCUT2D eigenvalue weighted by Gasteiger charge is 2.18. The van der Waals surface area contributed by atoms with Crippen molar-refractivity contribution in [1.82, 2.24) is 14.8 Å². The molecule has 1 saturated heterocycles. The summed E-state index contributed by atoms with van der Waals surface area (Å²) >= 11 is 6.39. The minimum absolute atomic E-state index is 0.271. The van der Waals surface area contributed by atoms with Gasteiger partial charge in [-0.15, -0.1) is 0 Å². The SMILES string of the molecule is CCN1CCN(Cc2ccc3cc(C(=O)Nc4cc(NC(=O)c5ccc6c(c5)OCC6)ccc4Cl)ccc3n2)CC1. The van der Waals surface area contributed by atoms with Crippen LogP contribution in [0.3, 0.4) is 0 Å². The molecular weight excluding hydrogens is 538 g/mol. The zero-order chi connectivity index (χ0) is 28.3. The molecule has 0 saturated carbocycles. The molecule has 2 amide bonds. The number of piperazine rings is 1. The molecular formula is C32H32ClN5O3. The number of ether oxygens (including phenoxy) is 1. The first-order chi connectivity index (χ1) is 19.9. The van der Waals surface area contributed by atoms with Crippen molar-refractivity contribution in [2.45, 2.75) is 19.9 Å². The number of anilines is 2. The van der Waals surface area contributed by atoms with E-state index in [0.29, 0.717) is 34.1 Å². The monoisotopic (exact) mass is 569 g/mol. The van der Waals surface area contributed by atoms with Crippen LogP contribution in [0.25, 0.3) is 10.9 Å².